The Morgan fingerprint density at radius 2 is 2.33 bits per heavy atom. The van der Waals surface area contributed by atoms with E-state index in [4.69, 9.17) is 0 Å². The smallest absolute Gasteiger partial charge is 0.270 e. The van der Waals surface area contributed by atoms with Gasteiger partial charge in [-0.2, -0.15) is 5.10 Å². The van der Waals surface area contributed by atoms with Gasteiger partial charge in [0.1, 0.15) is 5.69 Å². The Hall–Kier alpha value is -2.21. The van der Waals surface area contributed by atoms with E-state index < -0.39 is 0 Å². The van der Waals surface area contributed by atoms with Gasteiger partial charge in [-0.05, 0) is 43.6 Å². The highest BCUT2D eigenvalue weighted by Crippen LogP contribution is 2.11. The van der Waals surface area contributed by atoms with Gasteiger partial charge in [-0.25, -0.2) is 9.67 Å². The van der Waals surface area contributed by atoms with Crippen molar-refractivity contribution in [1.82, 2.24) is 25.4 Å². The Labute approximate surface area is 123 Å². The van der Waals surface area contributed by atoms with E-state index in [1.807, 2.05) is 18.2 Å². The van der Waals surface area contributed by atoms with Crippen molar-refractivity contribution in [1.29, 1.82) is 0 Å². The third-order valence-corrected chi connectivity index (χ3v) is 3.81. The summed E-state index contributed by atoms with van der Waals surface area (Å²) in [6.45, 7) is 4.02. The van der Waals surface area contributed by atoms with E-state index in [9.17, 15) is 4.79 Å². The topological polar surface area (TPSA) is 71.8 Å². The molecule has 1 amide bonds. The number of nitrogens with zero attached hydrogens (tertiary/aromatic N) is 3. The van der Waals surface area contributed by atoms with Crippen molar-refractivity contribution in [2.75, 3.05) is 13.1 Å². The van der Waals surface area contributed by atoms with Crippen LogP contribution in [0.25, 0.3) is 5.82 Å². The number of piperidine rings is 1. The number of pyridine rings is 1. The van der Waals surface area contributed by atoms with Crippen molar-refractivity contribution in [2.45, 2.75) is 19.4 Å². The van der Waals surface area contributed by atoms with Crippen LogP contribution in [-0.2, 0) is 0 Å². The van der Waals surface area contributed by atoms with Crippen LogP contribution in [-0.4, -0.2) is 39.8 Å². The molecule has 110 valence electrons. The first kappa shape index (κ1) is 13.8. The fourth-order valence-electron chi connectivity index (χ4n) is 2.55. The Kier molecular flexibility index (Phi) is 3.96. The predicted molar refractivity (Wildman–Crippen MR) is 79.3 cm³/mol. The summed E-state index contributed by atoms with van der Waals surface area (Å²) in [6.07, 6.45) is 4.44. The number of rotatable bonds is 3. The highest BCUT2D eigenvalue weighted by Gasteiger charge is 2.23. The van der Waals surface area contributed by atoms with Gasteiger partial charge in [0.05, 0.1) is 0 Å². The number of carbonyl (C=O) groups is 1. The zero-order chi connectivity index (χ0) is 14.7. The van der Waals surface area contributed by atoms with E-state index in [2.05, 4.69) is 27.6 Å². The lowest BCUT2D eigenvalue weighted by Crippen LogP contribution is -2.48. The number of amides is 1. The maximum atomic E-state index is 12.4. The molecule has 2 N–H and O–H groups in total. The zero-order valence-electron chi connectivity index (χ0n) is 12.0. The van der Waals surface area contributed by atoms with Crippen LogP contribution >= 0.6 is 0 Å². The zero-order valence-corrected chi connectivity index (χ0v) is 12.0. The summed E-state index contributed by atoms with van der Waals surface area (Å²) in [5, 5.41) is 10.5. The molecule has 3 heterocycles. The van der Waals surface area contributed by atoms with Gasteiger partial charge in [-0.15, -0.1) is 0 Å². The largest absolute Gasteiger partial charge is 0.348 e. The summed E-state index contributed by atoms with van der Waals surface area (Å²) < 4.78 is 1.64. The molecular formula is C15H19N5O. The van der Waals surface area contributed by atoms with Crippen LogP contribution in [0.2, 0.25) is 0 Å². The molecule has 21 heavy (non-hydrogen) atoms. The van der Waals surface area contributed by atoms with Gasteiger partial charge in [0.25, 0.3) is 5.91 Å². The molecule has 6 nitrogen and oxygen atoms in total. The van der Waals surface area contributed by atoms with Crippen LogP contribution in [0.3, 0.4) is 0 Å². The minimum Gasteiger partial charge on any atom is -0.348 e. The monoisotopic (exact) mass is 285 g/mol. The molecule has 0 radical (unpaired) electrons. The molecule has 1 saturated heterocycles. The summed E-state index contributed by atoms with van der Waals surface area (Å²) in [5.41, 5.74) is 0.425. The first-order valence-electron chi connectivity index (χ1n) is 7.22. The SMILES string of the molecule is CC1CNCCC1NC(=O)c1cccc(-n2cccn2)n1. The van der Waals surface area contributed by atoms with Crippen LogP contribution in [0.15, 0.2) is 36.7 Å². The average Bonchev–Trinajstić information content (AvgIpc) is 3.04. The molecule has 2 aromatic rings. The molecule has 1 fully saturated rings. The van der Waals surface area contributed by atoms with Crippen LogP contribution in [0.4, 0.5) is 0 Å². The van der Waals surface area contributed by atoms with Gasteiger partial charge in [0, 0.05) is 18.4 Å². The van der Waals surface area contributed by atoms with E-state index in [1.54, 1.807) is 23.1 Å². The number of hydrogen-bond acceptors (Lipinski definition) is 4. The Morgan fingerprint density at radius 1 is 1.43 bits per heavy atom. The van der Waals surface area contributed by atoms with E-state index in [1.165, 1.54) is 0 Å². The maximum absolute atomic E-state index is 12.4. The van der Waals surface area contributed by atoms with Crippen molar-refractivity contribution < 1.29 is 4.79 Å². The van der Waals surface area contributed by atoms with Crippen LogP contribution in [0.5, 0.6) is 0 Å². The number of nitrogens with one attached hydrogen (secondary N) is 2. The van der Waals surface area contributed by atoms with Crippen LogP contribution < -0.4 is 10.6 Å². The molecule has 0 aliphatic carbocycles. The van der Waals surface area contributed by atoms with Crippen molar-refractivity contribution in [3.05, 3.63) is 42.4 Å². The van der Waals surface area contributed by atoms with Gasteiger partial charge in [-0.3, -0.25) is 4.79 Å². The molecule has 2 aromatic heterocycles. The number of aromatic nitrogens is 3. The third kappa shape index (κ3) is 3.11. The Balaban J connectivity index is 1.74. The normalized spacial score (nSPS) is 22.0. The fourth-order valence-corrected chi connectivity index (χ4v) is 2.55. The van der Waals surface area contributed by atoms with Crippen molar-refractivity contribution in [3.8, 4) is 5.82 Å². The molecule has 0 aromatic carbocycles. The first-order chi connectivity index (χ1) is 10.2. The molecule has 1 aliphatic rings. The van der Waals surface area contributed by atoms with Crippen LogP contribution in [0.1, 0.15) is 23.8 Å². The maximum Gasteiger partial charge on any atom is 0.270 e. The fraction of sp³-hybridized carbons (Fsp3) is 0.400. The molecule has 0 spiro atoms. The second-order valence-electron chi connectivity index (χ2n) is 5.38. The summed E-state index contributed by atoms with van der Waals surface area (Å²) >= 11 is 0. The Bertz CT molecular complexity index is 610. The summed E-state index contributed by atoms with van der Waals surface area (Å²) in [7, 11) is 0. The van der Waals surface area contributed by atoms with Crippen molar-refractivity contribution in [3.63, 3.8) is 0 Å². The average molecular weight is 285 g/mol. The van der Waals surface area contributed by atoms with Crippen molar-refractivity contribution >= 4 is 5.91 Å². The minimum atomic E-state index is -0.122. The molecule has 0 bridgehead atoms. The second-order valence-corrected chi connectivity index (χ2v) is 5.38. The molecule has 1 aliphatic heterocycles. The lowest BCUT2D eigenvalue weighted by Gasteiger charge is -2.30. The number of hydrogen-bond donors (Lipinski definition) is 2. The first-order valence-corrected chi connectivity index (χ1v) is 7.22. The lowest BCUT2D eigenvalue weighted by molar-refractivity contribution is 0.0909. The molecule has 0 saturated carbocycles. The second kappa shape index (κ2) is 6.05. The van der Waals surface area contributed by atoms with E-state index in [0.29, 0.717) is 17.4 Å². The van der Waals surface area contributed by atoms with E-state index >= 15 is 0 Å². The standard InChI is InChI=1S/C15H19N5O/c1-11-10-16-8-6-12(11)19-15(21)13-4-2-5-14(18-13)20-9-3-7-17-20/h2-5,7,9,11-12,16H,6,8,10H2,1H3,(H,19,21). The van der Waals surface area contributed by atoms with Crippen LogP contribution in [0, 0.1) is 5.92 Å². The highest BCUT2D eigenvalue weighted by atomic mass is 16.1. The highest BCUT2D eigenvalue weighted by molar-refractivity contribution is 5.92. The predicted octanol–water partition coefficient (Wildman–Crippen LogP) is 0.995. The summed E-state index contributed by atoms with van der Waals surface area (Å²) in [4.78, 5) is 16.7. The molecule has 6 heteroatoms. The minimum absolute atomic E-state index is 0.122. The summed E-state index contributed by atoms with van der Waals surface area (Å²) in [5.74, 6) is 0.950. The van der Waals surface area contributed by atoms with Gasteiger partial charge in [0.2, 0.25) is 0 Å². The third-order valence-electron chi connectivity index (χ3n) is 3.81. The molecule has 3 rings (SSSR count). The molecule has 2 atom stereocenters. The Morgan fingerprint density at radius 3 is 3.10 bits per heavy atom. The van der Waals surface area contributed by atoms with Gasteiger partial charge < -0.3 is 10.6 Å². The molecular weight excluding hydrogens is 266 g/mol. The molecule has 2 unspecified atom stereocenters. The summed E-state index contributed by atoms with van der Waals surface area (Å²) in [6, 6.07) is 7.41. The van der Waals surface area contributed by atoms with E-state index in [-0.39, 0.29) is 11.9 Å². The number of carbonyl (C=O) groups excluding carboxylic acids is 1. The quantitative estimate of drug-likeness (QED) is 0.882. The van der Waals surface area contributed by atoms with E-state index in [0.717, 1.165) is 19.5 Å². The lowest BCUT2D eigenvalue weighted by atomic mass is 9.95. The van der Waals surface area contributed by atoms with Gasteiger partial charge >= 0.3 is 0 Å². The van der Waals surface area contributed by atoms with Gasteiger partial charge in [0.15, 0.2) is 5.82 Å². The van der Waals surface area contributed by atoms with Crippen molar-refractivity contribution in [2.24, 2.45) is 5.92 Å². The van der Waals surface area contributed by atoms with Gasteiger partial charge in [-0.1, -0.05) is 13.0 Å².